The van der Waals surface area contributed by atoms with E-state index in [4.69, 9.17) is 18.5 Å². The molecule has 8 heteroatoms. The molecule has 0 aromatic rings. The molecule has 0 saturated heterocycles. The highest BCUT2D eigenvalue weighted by atomic mass is 31.2. The SMILES string of the molecule is C=CC(=O)OC(C)COP(O)OCC(C)OC(=O)C=C. The number of carbonyl (C=O) groups is 2. The third-order valence-electron chi connectivity index (χ3n) is 1.81. The normalized spacial score (nSPS) is 14.8. The van der Waals surface area contributed by atoms with Crippen LogP contribution in [-0.2, 0) is 28.1 Å². The lowest BCUT2D eigenvalue weighted by atomic mass is 10.4. The van der Waals surface area contributed by atoms with Crippen LogP contribution in [0.1, 0.15) is 13.8 Å². The van der Waals surface area contributed by atoms with Crippen molar-refractivity contribution >= 4 is 20.5 Å². The highest BCUT2D eigenvalue weighted by Crippen LogP contribution is 2.33. The molecule has 20 heavy (non-hydrogen) atoms. The summed E-state index contributed by atoms with van der Waals surface area (Å²) < 4.78 is 19.6. The van der Waals surface area contributed by atoms with Crippen LogP contribution in [0, 0.1) is 0 Å². The van der Waals surface area contributed by atoms with E-state index in [1.807, 2.05) is 0 Å². The lowest BCUT2D eigenvalue weighted by Crippen LogP contribution is -2.20. The molecular formula is C12H19O7P. The monoisotopic (exact) mass is 306 g/mol. The van der Waals surface area contributed by atoms with Gasteiger partial charge in [0.1, 0.15) is 12.2 Å². The second-order valence-corrected chi connectivity index (χ2v) is 4.72. The van der Waals surface area contributed by atoms with Crippen LogP contribution in [0.2, 0.25) is 0 Å². The van der Waals surface area contributed by atoms with Crippen molar-refractivity contribution in [1.29, 1.82) is 0 Å². The Morgan fingerprint density at radius 3 is 1.70 bits per heavy atom. The van der Waals surface area contributed by atoms with Crippen LogP contribution in [0.3, 0.4) is 0 Å². The molecule has 0 heterocycles. The number of carbonyl (C=O) groups excluding carboxylic acids is 2. The zero-order valence-corrected chi connectivity index (χ0v) is 12.4. The average Bonchev–Trinajstić information content (AvgIpc) is 2.42. The number of hydrogen-bond acceptors (Lipinski definition) is 7. The molecule has 0 radical (unpaired) electrons. The maximum atomic E-state index is 10.9. The molecule has 0 aromatic carbocycles. The molecule has 0 rings (SSSR count). The first-order valence-corrected chi connectivity index (χ1v) is 6.93. The van der Waals surface area contributed by atoms with Gasteiger partial charge in [-0.05, 0) is 13.8 Å². The summed E-state index contributed by atoms with van der Waals surface area (Å²) in [5.74, 6) is -1.15. The van der Waals surface area contributed by atoms with E-state index >= 15 is 0 Å². The Morgan fingerprint density at radius 1 is 1.05 bits per heavy atom. The summed E-state index contributed by atoms with van der Waals surface area (Å²) >= 11 is 0. The minimum atomic E-state index is -2.14. The maximum Gasteiger partial charge on any atom is 0.330 e. The lowest BCUT2D eigenvalue weighted by molar-refractivity contribution is -0.143. The lowest BCUT2D eigenvalue weighted by Gasteiger charge is -2.17. The fourth-order valence-electron chi connectivity index (χ4n) is 0.936. The number of hydrogen-bond donors (Lipinski definition) is 1. The van der Waals surface area contributed by atoms with E-state index in [1.165, 1.54) is 0 Å². The number of ether oxygens (including phenoxy) is 2. The summed E-state index contributed by atoms with van der Waals surface area (Å²) in [4.78, 5) is 31.2. The van der Waals surface area contributed by atoms with Crippen LogP contribution < -0.4 is 0 Å². The van der Waals surface area contributed by atoms with Gasteiger partial charge in [0, 0.05) is 12.2 Å². The van der Waals surface area contributed by atoms with Crippen LogP contribution in [-0.4, -0.2) is 42.3 Å². The Hall–Kier alpha value is -1.27. The average molecular weight is 306 g/mol. The molecular weight excluding hydrogens is 287 g/mol. The van der Waals surface area contributed by atoms with Gasteiger partial charge in [-0.25, -0.2) is 9.59 Å². The molecule has 1 N–H and O–H groups in total. The quantitative estimate of drug-likeness (QED) is 0.371. The molecule has 0 fully saturated rings. The first kappa shape index (κ1) is 18.7. The van der Waals surface area contributed by atoms with E-state index in [0.717, 1.165) is 12.2 Å². The smallest absolute Gasteiger partial charge is 0.330 e. The number of esters is 2. The van der Waals surface area contributed by atoms with Crippen molar-refractivity contribution in [2.75, 3.05) is 13.2 Å². The molecule has 2 unspecified atom stereocenters. The summed E-state index contributed by atoms with van der Waals surface area (Å²) in [5.41, 5.74) is 0. The Bertz CT molecular complexity index is 313. The van der Waals surface area contributed by atoms with E-state index < -0.39 is 32.7 Å². The van der Waals surface area contributed by atoms with E-state index in [0.29, 0.717) is 0 Å². The highest BCUT2D eigenvalue weighted by Gasteiger charge is 2.15. The van der Waals surface area contributed by atoms with Crippen LogP contribution in [0.5, 0.6) is 0 Å². The zero-order valence-electron chi connectivity index (χ0n) is 11.5. The van der Waals surface area contributed by atoms with Gasteiger partial charge in [-0.2, -0.15) is 0 Å². The van der Waals surface area contributed by atoms with Gasteiger partial charge in [0.25, 0.3) is 0 Å². The van der Waals surface area contributed by atoms with Crippen LogP contribution in [0.4, 0.5) is 0 Å². The van der Waals surface area contributed by atoms with Crippen molar-refractivity contribution in [1.82, 2.24) is 0 Å². The first-order chi connectivity index (χ1) is 9.38. The highest BCUT2D eigenvalue weighted by molar-refractivity contribution is 7.40. The molecule has 0 spiro atoms. The molecule has 0 saturated carbocycles. The van der Waals surface area contributed by atoms with Crippen LogP contribution >= 0.6 is 8.60 Å². The van der Waals surface area contributed by atoms with Gasteiger partial charge in [-0.1, -0.05) is 13.2 Å². The van der Waals surface area contributed by atoms with E-state index in [1.54, 1.807) is 13.8 Å². The van der Waals surface area contributed by atoms with Crippen molar-refractivity contribution in [2.24, 2.45) is 0 Å². The second-order valence-electron chi connectivity index (χ2n) is 3.73. The maximum absolute atomic E-state index is 10.9. The standard InChI is InChI=1S/C12H19O7P/c1-5-11(13)18-9(3)7-16-20(15)17-8-10(4)19-12(14)6-2/h5-6,9-10,15H,1-2,7-8H2,3-4H3. The van der Waals surface area contributed by atoms with Gasteiger partial charge in [-0.15, -0.1) is 0 Å². The van der Waals surface area contributed by atoms with Crippen molar-refractivity contribution in [3.8, 4) is 0 Å². The predicted octanol–water partition coefficient (Wildman–Crippen LogP) is 1.47. The minimum absolute atomic E-state index is 0.0252. The number of rotatable bonds is 10. The Labute approximate surface area is 119 Å². The van der Waals surface area contributed by atoms with Gasteiger partial charge in [0.2, 0.25) is 0 Å². The van der Waals surface area contributed by atoms with Crippen LogP contribution in [0.25, 0.3) is 0 Å². The summed E-state index contributed by atoms with van der Waals surface area (Å²) in [5, 5.41) is 0. The van der Waals surface area contributed by atoms with Crippen molar-refractivity contribution in [3.05, 3.63) is 25.3 Å². The summed E-state index contributed by atoms with van der Waals surface area (Å²) in [6.07, 6.45) is 0.976. The second kappa shape index (κ2) is 10.5. The molecule has 0 aliphatic carbocycles. The summed E-state index contributed by atoms with van der Waals surface area (Å²) in [6, 6.07) is 0. The van der Waals surface area contributed by atoms with Crippen LogP contribution in [0.15, 0.2) is 25.3 Å². The minimum Gasteiger partial charge on any atom is -0.457 e. The Kier molecular flexibility index (Phi) is 9.84. The van der Waals surface area contributed by atoms with Crippen molar-refractivity contribution < 1.29 is 33.0 Å². The molecule has 2 atom stereocenters. The molecule has 0 bridgehead atoms. The van der Waals surface area contributed by atoms with Crippen molar-refractivity contribution in [2.45, 2.75) is 26.1 Å². The van der Waals surface area contributed by atoms with Crippen molar-refractivity contribution in [3.63, 3.8) is 0 Å². The van der Waals surface area contributed by atoms with Gasteiger partial charge in [-0.3, -0.25) is 0 Å². The van der Waals surface area contributed by atoms with E-state index in [2.05, 4.69) is 13.2 Å². The largest absolute Gasteiger partial charge is 0.457 e. The Balaban J connectivity index is 3.80. The molecule has 0 aromatic heterocycles. The fourth-order valence-corrected chi connectivity index (χ4v) is 1.69. The fraction of sp³-hybridized carbons (Fsp3) is 0.500. The molecule has 0 aliphatic rings. The zero-order chi connectivity index (χ0) is 15.5. The topological polar surface area (TPSA) is 91.3 Å². The van der Waals surface area contributed by atoms with Gasteiger partial charge in [0.05, 0.1) is 13.2 Å². The molecule has 0 aliphatic heterocycles. The molecule has 114 valence electrons. The van der Waals surface area contributed by atoms with E-state index in [-0.39, 0.29) is 13.2 Å². The third kappa shape index (κ3) is 9.63. The summed E-state index contributed by atoms with van der Waals surface area (Å²) in [7, 11) is -2.14. The predicted molar refractivity (Wildman–Crippen MR) is 72.5 cm³/mol. The summed E-state index contributed by atoms with van der Waals surface area (Å²) in [6.45, 7) is 9.65. The van der Waals surface area contributed by atoms with Gasteiger partial charge >= 0.3 is 20.5 Å². The third-order valence-corrected chi connectivity index (χ3v) is 2.55. The van der Waals surface area contributed by atoms with Gasteiger partial charge < -0.3 is 23.4 Å². The van der Waals surface area contributed by atoms with E-state index in [9.17, 15) is 14.5 Å². The Morgan fingerprint density at radius 2 is 1.40 bits per heavy atom. The molecule has 7 nitrogen and oxygen atoms in total. The first-order valence-electron chi connectivity index (χ1n) is 5.80. The van der Waals surface area contributed by atoms with Gasteiger partial charge in [0.15, 0.2) is 0 Å². The molecule has 0 amide bonds.